The van der Waals surface area contributed by atoms with Crippen LogP contribution >= 0.6 is 39.3 Å². The minimum atomic E-state index is -0.141. The fourth-order valence-corrected chi connectivity index (χ4v) is 4.25. The van der Waals surface area contributed by atoms with Crippen LogP contribution in [0.5, 0.6) is 0 Å². The van der Waals surface area contributed by atoms with Gasteiger partial charge in [0.05, 0.1) is 5.75 Å². The Morgan fingerprint density at radius 3 is 2.90 bits per heavy atom. The molecule has 9 heteroatoms. The average molecular weight is 492 g/mol. The van der Waals surface area contributed by atoms with Crippen LogP contribution in [0.3, 0.4) is 0 Å². The molecule has 0 aliphatic carbocycles. The molecular formula is C20H16BrClN4O2S. The number of nitrogens with one attached hydrogen (secondary N) is 1. The third-order valence-corrected chi connectivity index (χ3v) is 5.87. The van der Waals surface area contributed by atoms with E-state index in [2.05, 4.69) is 31.4 Å². The molecule has 29 heavy (non-hydrogen) atoms. The molecule has 0 saturated heterocycles. The molecule has 1 N–H and O–H groups in total. The molecule has 0 fully saturated rings. The van der Waals surface area contributed by atoms with Crippen molar-refractivity contribution in [2.75, 3.05) is 11.1 Å². The molecule has 4 rings (SSSR count). The monoisotopic (exact) mass is 490 g/mol. The molecule has 148 valence electrons. The zero-order valence-corrected chi connectivity index (χ0v) is 18.5. The van der Waals surface area contributed by atoms with Crippen LogP contribution in [0.15, 0.2) is 62.6 Å². The summed E-state index contributed by atoms with van der Waals surface area (Å²) in [5.41, 5.74) is 1.44. The standard InChI is InChI=1S/C20H16BrClN4O2S/c1-2-26-19(17-9-12-8-13(21)6-7-16(12)28-17)24-25-20(26)29-11-18(27)23-15-5-3-4-14(22)10-15/h3-10H,2,11H2,1H3,(H,23,27). The first-order chi connectivity index (χ1) is 14.0. The first-order valence-corrected chi connectivity index (χ1v) is 11.0. The second-order valence-electron chi connectivity index (χ2n) is 6.19. The molecule has 0 spiro atoms. The van der Waals surface area contributed by atoms with Crippen LogP contribution in [-0.2, 0) is 11.3 Å². The molecule has 0 unspecified atom stereocenters. The molecule has 0 radical (unpaired) electrons. The van der Waals surface area contributed by atoms with Gasteiger partial charge in [-0.2, -0.15) is 0 Å². The number of amides is 1. The third-order valence-electron chi connectivity index (χ3n) is 4.17. The lowest BCUT2D eigenvalue weighted by atomic mass is 10.2. The van der Waals surface area contributed by atoms with Gasteiger partial charge in [0.25, 0.3) is 0 Å². The van der Waals surface area contributed by atoms with E-state index >= 15 is 0 Å². The van der Waals surface area contributed by atoms with Crippen molar-refractivity contribution in [2.24, 2.45) is 0 Å². The van der Waals surface area contributed by atoms with E-state index in [-0.39, 0.29) is 11.7 Å². The first kappa shape index (κ1) is 20.0. The van der Waals surface area contributed by atoms with E-state index in [1.165, 1.54) is 11.8 Å². The number of anilines is 1. The van der Waals surface area contributed by atoms with Gasteiger partial charge in [-0.1, -0.05) is 45.4 Å². The van der Waals surface area contributed by atoms with Gasteiger partial charge in [-0.15, -0.1) is 10.2 Å². The highest BCUT2D eigenvalue weighted by atomic mass is 79.9. The molecule has 4 aromatic rings. The Morgan fingerprint density at radius 1 is 1.24 bits per heavy atom. The highest BCUT2D eigenvalue weighted by Crippen LogP contribution is 2.30. The smallest absolute Gasteiger partial charge is 0.234 e. The topological polar surface area (TPSA) is 73.0 Å². The predicted molar refractivity (Wildman–Crippen MR) is 119 cm³/mol. The van der Waals surface area contributed by atoms with Gasteiger partial charge < -0.3 is 9.73 Å². The van der Waals surface area contributed by atoms with Crippen LogP contribution in [0.1, 0.15) is 6.92 Å². The second kappa shape index (κ2) is 8.61. The number of aromatic nitrogens is 3. The molecule has 0 aliphatic rings. The summed E-state index contributed by atoms with van der Waals surface area (Å²) in [7, 11) is 0. The van der Waals surface area contributed by atoms with Crippen molar-refractivity contribution >= 4 is 61.9 Å². The number of nitrogens with zero attached hydrogens (tertiary/aromatic N) is 3. The quantitative estimate of drug-likeness (QED) is 0.342. The summed E-state index contributed by atoms with van der Waals surface area (Å²) in [4.78, 5) is 12.3. The number of rotatable bonds is 6. The highest BCUT2D eigenvalue weighted by Gasteiger charge is 2.18. The minimum absolute atomic E-state index is 0.141. The normalized spacial score (nSPS) is 11.1. The largest absolute Gasteiger partial charge is 0.453 e. The molecule has 0 saturated carbocycles. The molecular weight excluding hydrogens is 476 g/mol. The van der Waals surface area contributed by atoms with Gasteiger partial charge in [0.2, 0.25) is 11.7 Å². The molecule has 0 atom stereocenters. The van der Waals surface area contributed by atoms with Gasteiger partial charge in [-0.25, -0.2) is 0 Å². The lowest BCUT2D eigenvalue weighted by Gasteiger charge is -2.07. The van der Waals surface area contributed by atoms with Gasteiger partial charge in [-0.3, -0.25) is 9.36 Å². The Hall–Kier alpha value is -2.29. The van der Waals surface area contributed by atoms with E-state index in [4.69, 9.17) is 16.0 Å². The number of thioether (sulfide) groups is 1. The number of carbonyl (C=O) groups is 1. The van der Waals surface area contributed by atoms with Crippen molar-refractivity contribution < 1.29 is 9.21 Å². The van der Waals surface area contributed by atoms with Crippen molar-refractivity contribution in [2.45, 2.75) is 18.6 Å². The van der Waals surface area contributed by atoms with Crippen LogP contribution < -0.4 is 5.32 Å². The lowest BCUT2D eigenvalue weighted by Crippen LogP contribution is -2.14. The fraction of sp³-hybridized carbons (Fsp3) is 0.150. The zero-order chi connectivity index (χ0) is 20.4. The van der Waals surface area contributed by atoms with Crippen LogP contribution in [0.4, 0.5) is 5.69 Å². The number of carbonyl (C=O) groups excluding carboxylic acids is 1. The highest BCUT2D eigenvalue weighted by molar-refractivity contribution is 9.10. The molecule has 1 amide bonds. The Kier molecular flexibility index (Phi) is 5.94. The van der Waals surface area contributed by atoms with E-state index in [1.54, 1.807) is 24.3 Å². The molecule has 2 aromatic heterocycles. The Bertz CT molecular complexity index is 1190. The number of benzene rings is 2. The first-order valence-electron chi connectivity index (χ1n) is 8.84. The van der Waals surface area contributed by atoms with Crippen LogP contribution in [0.25, 0.3) is 22.6 Å². The molecule has 2 aromatic carbocycles. The van der Waals surface area contributed by atoms with Crippen molar-refractivity contribution in [1.29, 1.82) is 0 Å². The maximum absolute atomic E-state index is 12.3. The van der Waals surface area contributed by atoms with Crippen LogP contribution in [0.2, 0.25) is 5.02 Å². The number of halogens is 2. The molecule has 0 bridgehead atoms. The molecule has 2 heterocycles. The molecule has 6 nitrogen and oxygen atoms in total. The Balaban J connectivity index is 1.50. The average Bonchev–Trinajstić information content (AvgIpc) is 3.29. The van der Waals surface area contributed by atoms with Crippen molar-refractivity contribution in [1.82, 2.24) is 14.8 Å². The SMILES string of the molecule is CCn1c(SCC(=O)Nc2cccc(Cl)c2)nnc1-c1cc2cc(Br)ccc2o1. The number of furan rings is 1. The maximum atomic E-state index is 12.3. The van der Waals surface area contributed by atoms with Gasteiger partial charge in [0.15, 0.2) is 10.9 Å². The fourth-order valence-electron chi connectivity index (χ4n) is 2.88. The lowest BCUT2D eigenvalue weighted by molar-refractivity contribution is -0.113. The third kappa shape index (κ3) is 4.49. The summed E-state index contributed by atoms with van der Waals surface area (Å²) in [5.74, 6) is 1.34. The van der Waals surface area contributed by atoms with E-state index in [1.807, 2.05) is 35.8 Å². The number of hydrogen-bond donors (Lipinski definition) is 1. The maximum Gasteiger partial charge on any atom is 0.234 e. The molecule has 0 aliphatic heterocycles. The van der Waals surface area contributed by atoms with Crippen molar-refractivity contribution in [3.8, 4) is 11.6 Å². The Morgan fingerprint density at radius 2 is 2.10 bits per heavy atom. The summed E-state index contributed by atoms with van der Waals surface area (Å²) in [6.45, 7) is 2.66. The summed E-state index contributed by atoms with van der Waals surface area (Å²) < 4.78 is 8.85. The van der Waals surface area contributed by atoms with E-state index in [9.17, 15) is 4.79 Å². The zero-order valence-electron chi connectivity index (χ0n) is 15.4. The van der Waals surface area contributed by atoms with Crippen molar-refractivity contribution in [3.05, 3.63) is 58.0 Å². The van der Waals surface area contributed by atoms with Gasteiger partial charge in [0.1, 0.15) is 5.58 Å². The van der Waals surface area contributed by atoms with Crippen LogP contribution in [-0.4, -0.2) is 26.4 Å². The number of fused-ring (bicyclic) bond motifs is 1. The van der Waals surface area contributed by atoms with E-state index in [0.717, 1.165) is 15.4 Å². The van der Waals surface area contributed by atoms with Gasteiger partial charge in [-0.05, 0) is 49.4 Å². The number of hydrogen-bond acceptors (Lipinski definition) is 5. The Labute approximate surface area is 184 Å². The summed E-state index contributed by atoms with van der Waals surface area (Å²) in [6.07, 6.45) is 0. The predicted octanol–water partition coefficient (Wildman–Crippen LogP) is 5.86. The van der Waals surface area contributed by atoms with Crippen molar-refractivity contribution in [3.63, 3.8) is 0 Å². The minimum Gasteiger partial charge on any atom is -0.453 e. The second-order valence-corrected chi connectivity index (χ2v) is 8.49. The summed E-state index contributed by atoms with van der Waals surface area (Å²) in [5, 5.41) is 13.6. The summed E-state index contributed by atoms with van der Waals surface area (Å²) >= 11 is 10.7. The van der Waals surface area contributed by atoms with Gasteiger partial charge >= 0.3 is 0 Å². The van der Waals surface area contributed by atoms with E-state index in [0.29, 0.717) is 34.0 Å². The van der Waals surface area contributed by atoms with E-state index < -0.39 is 0 Å². The van der Waals surface area contributed by atoms with Crippen LogP contribution in [0, 0.1) is 0 Å². The summed E-state index contributed by atoms with van der Waals surface area (Å²) in [6, 6.07) is 14.8. The van der Waals surface area contributed by atoms with Gasteiger partial charge in [0, 0.05) is 27.1 Å².